The Labute approximate surface area is 192 Å². The molecule has 4 aromatic rings. The predicted octanol–water partition coefficient (Wildman–Crippen LogP) is 5.71. The molecule has 0 radical (unpaired) electrons. The fourth-order valence-corrected chi connectivity index (χ4v) is 3.13. The van der Waals surface area contributed by atoms with Crippen molar-refractivity contribution in [3.05, 3.63) is 93.1 Å². The number of anilines is 1. The molecule has 0 saturated carbocycles. The number of carbonyl (C=O) groups excluding carboxylic acids is 1. The lowest BCUT2D eigenvalue weighted by Crippen LogP contribution is -2.12. The number of furan rings is 1. The normalized spacial score (nSPS) is 10.8. The maximum atomic E-state index is 12.4. The summed E-state index contributed by atoms with van der Waals surface area (Å²) in [5.74, 6) is 0.947. The van der Waals surface area contributed by atoms with Crippen LogP contribution in [-0.2, 0) is 13.2 Å². The lowest BCUT2D eigenvalue weighted by molar-refractivity contribution is 0.0991. The summed E-state index contributed by atoms with van der Waals surface area (Å²) in [7, 11) is 0. The molecule has 0 unspecified atom stereocenters. The summed E-state index contributed by atoms with van der Waals surface area (Å²) in [6.45, 7) is 0.595. The molecule has 7 nitrogen and oxygen atoms in total. The molecule has 158 valence electrons. The molecule has 0 aliphatic heterocycles. The molecule has 4 rings (SSSR count). The number of carbonyl (C=O) groups is 1. The molecule has 2 aromatic carbocycles. The number of ether oxygens (including phenoxy) is 1. The van der Waals surface area contributed by atoms with Crippen molar-refractivity contribution in [1.29, 1.82) is 0 Å². The largest absolute Gasteiger partial charge is 0.486 e. The third-order valence-corrected chi connectivity index (χ3v) is 5.16. The number of amides is 1. The van der Waals surface area contributed by atoms with Crippen molar-refractivity contribution in [2.75, 3.05) is 5.32 Å². The van der Waals surface area contributed by atoms with Gasteiger partial charge in [-0.15, -0.1) is 5.10 Å². The summed E-state index contributed by atoms with van der Waals surface area (Å²) in [6, 6.07) is 15.5. The highest BCUT2D eigenvalue weighted by atomic mass is 35.5. The molecule has 0 saturated heterocycles. The summed E-state index contributed by atoms with van der Waals surface area (Å²) >= 11 is 17.8. The molecular weight excluding hydrogens is 463 g/mol. The summed E-state index contributed by atoms with van der Waals surface area (Å²) in [5, 5.41) is 8.40. The van der Waals surface area contributed by atoms with E-state index in [1.807, 2.05) is 6.07 Å². The van der Waals surface area contributed by atoms with Gasteiger partial charge in [0.1, 0.15) is 24.4 Å². The van der Waals surface area contributed by atoms with Gasteiger partial charge >= 0.3 is 0 Å². The minimum absolute atomic E-state index is 0.121. The van der Waals surface area contributed by atoms with Crippen LogP contribution in [0.25, 0.3) is 0 Å². The van der Waals surface area contributed by atoms with Gasteiger partial charge in [0.15, 0.2) is 5.76 Å². The van der Waals surface area contributed by atoms with Crippen molar-refractivity contribution in [3.8, 4) is 5.75 Å². The van der Waals surface area contributed by atoms with Gasteiger partial charge in [-0.2, -0.15) is 0 Å². The highest BCUT2D eigenvalue weighted by molar-refractivity contribution is 6.42. The van der Waals surface area contributed by atoms with E-state index in [1.165, 1.54) is 6.33 Å². The predicted molar refractivity (Wildman–Crippen MR) is 118 cm³/mol. The van der Waals surface area contributed by atoms with E-state index in [9.17, 15) is 4.79 Å². The molecule has 0 atom stereocenters. The van der Waals surface area contributed by atoms with Crippen molar-refractivity contribution in [2.45, 2.75) is 13.2 Å². The Hall–Kier alpha value is -3.00. The van der Waals surface area contributed by atoms with Gasteiger partial charge in [0.25, 0.3) is 5.91 Å². The van der Waals surface area contributed by atoms with Gasteiger partial charge < -0.3 is 9.15 Å². The minimum atomic E-state index is -0.468. The first-order chi connectivity index (χ1) is 15.0. The first kappa shape index (κ1) is 21.2. The Morgan fingerprint density at radius 1 is 1.03 bits per heavy atom. The quantitative estimate of drug-likeness (QED) is 0.368. The summed E-state index contributed by atoms with van der Waals surface area (Å²) in [4.78, 5) is 16.5. The Morgan fingerprint density at radius 2 is 1.84 bits per heavy atom. The van der Waals surface area contributed by atoms with E-state index in [2.05, 4.69) is 15.4 Å². The first-order valence-corrected chi connectivity index (χ1v) is 10.2. The van der Waals surface area contributed by atoms with Crippen LogP contribution in [-0.4, -0.2) is 20.7 Å². The van der Waals surface area contributed by atoms with Crippen LogP contribution in [0.4, 0.5) is 5.95 Å². The molecule has 31 heavy (non-hydrogen) atoms. The highest BCUT2D eigenvalue weighted by Gasteiger charge is 2.14. The summed E-state index contributed by atoms with van der Waals surface area (Å²) in [6.07, 6.45) is 1.51. The SMILES string of the molecule is O=C(Nc1ncn(Cc2ccc(Cl)c(Cl)c2)n1)c1ccc(COc2ccc(Cl)cc2)o1. The smallest absolute Gasteiger partial charge is 0.293 e. The van der Waals surface area contributed by atoms with Crippen molar-refractivity contribution in [3.63, 3.8) is 0 Å². The lowest BCUT2D eigenvalue weighted by Gasteiger charge is -2.04. The maximum absolute atomic E-state index is 12.4. The van der Waals surface area contributed by atoms with Crippen LogP contribution >= 0.6 is 34.8 Å². The van der Waals surface area contributed by atoms with Gasteiger partial charge in [0.05, 0.1) is 16.6 Å². The summed E-state index contributed by atoms with van der Waals surface area (Å²) in [5.41, 5.74) is 0.897. The summed E-state index contributed by atoms with van der Waals surface area (Å²) < 4.78 is 12.7. The second-order valence-corrected chi connectivity index (χ2v) is 7.73. The zero-order chi connectivity index (χ0) is 21.8. The van der Waals surface area contributed by atoms with E-state index in [0.29, 0.717) is 33.1 Å². The molecule has 1 N–H and O–H groups in total. The molecule has 1 amide bonds. The fourth-order valence-electron chi connectivity index (χ4n) is 2.68. The van der Waals surface area contributed by atoms with Gasteiger partial charge in [0, 0.05) is 5.02 Å². The first-order valence-electron chi connectivity index (χ1n) is 9.08. The maximum Gasteiger partial charge on any atom is 0.293 e. The zero-order valence-electron chi connectivity index (χ0n) is 15.9. The number of nitrogens with zero attached hydrogens (tertiary/aromatic N) is 3. The van der Waals surface area contributed by atoms with Crippen molar-refractivity contribution < 1.29 is 13.9 Å². The Morgan fingerprint density at radius 3 is 2.61 bits per heavy atom. The van der Waals surface area contributed by atoms with Crippen LogP contribution in [0.1, 0.15) is 21.9 Å². The molecule has 0 aliphatic rings. The molecule has 10 heteroatoms. The van der Waals surface area contributed by atoms with Crippen LogP contribution in [0.3, 0.4) is 0 Å². The monoisotopic (exact) mass is 476 g/mol. The highest BCUT2D eigenvalue weighted by Crippen LogP contribution is 2.23. The minimum Gasteiger partial charge on any atom is -0.486 e. The molecule has 0 spiro atoms. The fraction of sp³-hybridized carbons (Fsp3) is 0.0952. The lowest BCUT2D eigenvalue weighted by atomic mass is 10.2. The Bertz CT molecular complexity index is 1200. The van der Waals surface area contributed by atoms with Gasteiger partial charge in [-0.05, 0) is 54.1 Å². The molecule has 2 aromatic heterocycles. The van der Waals surface area contributed by atoms with Gasteiger partial charge in [-0.3, -0.25) is 10.1 Å². The zero-order valence-corrected chi connectivity index (χ0v) is 18.2. The van der Waals surface area contributed by atoms with Gasteiger partial charge in [0.2, 0.25) is 5.95 Å². The van der Waals surface area contributed by atoms with Gasteiger partial charge in [-0.1, -0.05) is 40.9 Å². The average Bonchev–Trinajstić information content (AvgIpc) is 3.40. The van der Waals surface area contributed by atoms with E-state index >= 15 is 0 Å². The number of rotatable bonds is 7. The van der Waals surface area contributed by atoms with E-state index in [0.717, 1.165) is 5.56 Å². The number of halogens is 3. The average molecular weight is 478 g/mol. The second-order valence-electron chi connectivity index (χ2n) is 6.48. The van der Waals surface area contributed by atoms with Gasteiger partial charge in [-0.25, -0.2) is 9.67 Å². The number of aromatic nitrogens is 3. The Kier molecular flexibility index (Phi) is 6.46. The second kappa shape index (κ2) is 9.43. The van der Waals surface area contributed by atoms with E-state index in [1.54, 1.807) is 53.2 Å². The molecular formula is C21H15Cl3N4O3. The molecule has 0 fully saturated rings. The van der Waals surface area contributed by atoms with Crippen LogP contribution in [0, 0.1) is 0 Å². The third kappa shape index (κ3) is 5.58. The number of benzene rings is 2. The topological polar surface area (TPSA) is 82.2 Å². The van der Waals surface area contributed by atoms with Crippen LogP contribution < -0.4 is 10.1 Å². The van der Waals surface area contributed by atoms with Crippen LogP contribution in [0.15, 0.2) is 65.3 Å². The molecule has 0 bridgehead atoms. The molecule has 0 aliphatic carbocycles. The van der Waals surface area contributed by atoms with Crippen LogP contribution in [0.5, 0.6) is 5.75 Å². The van der Waals surface area contributed by atoms with Crippen molar-refractivity contribution >= 4 is 46.7 Å². The standard InChI is InChI=1S/C21H15Cl3N4O3/c22-14-2-4-15(5-3-14)30-11-16-6-8-19(31-16)20(29)26-21-25-12-28(27-21)10-13-1-7-17(23)18(24)9-13/h1-9,12H,10-11H2,(H,26,27,29). The third-order valence-electron chi connectivity index (χ3n) is 4.17. The number of hydrogen-bond donors (Lipinski definition) is 1. The Balaban J connectivity index is 1.33. The number of nitrogens with one attached hydrogen (secondary N) is 1. The van der Waals surface area contributed by atoms with E-state index < -0.39 is 5.91 Å². The van der Waals surface area contributed by atoms with Crippen molar-refractivity contribution in [1.82, 2.24) is 14.8 Å². The molecule has 2 heterocycles. The van der Waals surface area contributed by atoms with Crippen molar-refractivity contribution in [2.24, 2.45) is 0 Å². The number of hydrogen-bond acceptors (Lipinski definition) is 5. The van der Waals surface area contributed by atoms with E-state index in [-0.39, 0.29) is 18.3 Å². The van der Waals surface area contributed by atoms with E-state index in [4.69, 9.17) is 44.0 Å². The van der Waals surface area contributed by atoms with Crippen LogP contribution in [0.2, 0.25) is 15.1 Å².